The molecular weight excluding hydrogens is 465 g/mol. The summed E-state index contributed by atoms with van der Waals surface area (Å²) in [7, 11) is 1.46. The second-order valence-electron chi connectivity index (χ2n) is 5.28. The van der Waals surface area contributed by atoms with E-state index in [0.29, 0.717) is 26.2 Å². The topological polar surface area (TPSA) is 128 Å². The zero-order valence-electron chi connectivity index (χ0n) is 14.1. The van der Waals surface area contributed by atoms with Crippen LogP contribution in [-0.2, 0) is 11.4 Å². The number of amides is 1. The number of rotatable bonds is 7. The standard InChI is InChI=1S/C18H14IN3O5/c1-26-16-8-12(5-13(9-20)18(21)23)7-15(19)17(16)27-10-11-3-2-4-14(6-11)22(24)25/h2-8H,10H2,1H3,(H2,21,23). The number of carbonyl (C=O) groups excluding carboxylic acids is 1. The molecule has 2 aromatic rings. The Morgan fingerprint density at radius 3 is 2.74 bits per heavy atom. The number of hydrogen-bond acceptors (Lipinski definition) is 6. The Kier molecular flexibility index (Phi) is 6.73. The Morgan fingerprint density at radius 2 is 2.15 bits per heavy atom. The van der Waals surface area contributed by atoms with E-state index in [0.717, 1.165) is 0 Å². The Morgan fingerprint density at radius 1 is 1.41 bits per heavy atom. The fourth-order valence-electron chi connectivity index (χ4n) is 2.20. The third-order valence-corrected chi connectivity index (χ3v) is 4.25. The quantitative estimate of drug-likeness (QED) is 0.214. The van der Waals surface area contributed by atoms with Gasteiger partial charge in [0.15, 0.2) is 11.5 Å². The minimum absolute atomic E-state index is 0.0197. The van der Waals surface area contributed by atoms with Gasteiger partial charge in [-0.15, -0.1) is 0 Å². The van der Waals surface area contributed by atoms with E-state index in [4.69, 9.17) is 20.5 Å². The number of hydrogen-bond donors (Lipinski definition) is 1. The monoisotopic (exact) mass is 479 g/mol. The van der Waals surface area contributed by atoms with Crippen molar-refractivity contribution in [1.82, 2.24) is 0 Å². The molecule has 0 aliphatic carbocycles. The van der Waals surface area contributed by atoms with Crippen LogP contribution in [0.3, 0.4) is 0 Å². The second kappa shape index (κ2) is 9.00. The molecule has 0 saturated heterocycles. The molecule has 0 radical (unpaired) electrons. The van der Waals surface area contributed by atoms with Gasteiger partial charge in [-0.2, -0.15) is 5.26 Å². The van der Waals surface area contributed by atoms with Crippen LogP contribution in [0.5, 0.6) is 11.5 Å². The molecule has 9 heteroatoms. The van der Waals surface area contributed by atoms with Crippen LogP contribution in [0.25, 0.3) is 6.08 Å². The van der Waals surface area contributed by atoms with Crippen molar-refractivity contribution in [3.63, 3.8) is 0 Å². The van der Waals surface area contributed by atoms with Crippen LogP contribution in [0.4, 0.5) is 5.69 Å². The molecule has 0 aromatic heterocycles. The summed E-state index contributed by atoms with van der Waals surface area (Å²) in [5, 5.41) is 19.8. The fraction of sp³-hybridized carbons (Fsp3) is 0.111. The summed E-state index contributed by atoms with van der Waals surface area (Å²) in [6.45, 7) is 0.105. The number of nitro groups is 1. The number of nitrogens with zero attached hydrogens (tertiary/aromatic N) is 2. The first-order valence-corrected chi connectivity index (χ1v) is 8.59. The highest BCUT2D eigenvalue weighted by Crippen LogP contribution is 2.35. The second-order valence-corrected chi connectivity index (χ2v) is 6.45. The van der Waals surface area contributed by atoms with Crippen molar-refractivity contribution in [3.8, 4) is 17.6 Å². The number of nitriles is 1. The summed E-state index contributed by atoms with van der Waals surface area (Å²) in [6, 6.07) is 11.2. The van der Waals surface area contributed by atoms with Gasteiger partial charge < -0.3 is 15.2 Å². The lowest BCUT2D eigenvalue weighted by Gasteiger charge is -2.14. The average molecular weight is 479 g/mol. The van der Waals surface area contributed by atoms with Gasteiger partial charge >= 0.3 is 0 Å². The molecule has 0 heterocycles. The highest BCUT2D eigenvalue weighted by atomic mass is 127. The minimum atomic E-state index is -0.822. The molecule has 27 heavy (non-hydrogen) atoms. The number of non-ortho nitro benzene ring substituents is 1. The third-order valence-electron chi connectivity index (χ3n) is 3.45. The van der Waals surface area contributed by atoms with Crippen LogP contribution in [-0.4, -0.2) is 17.9 Å². The van der Waals surface area contributed by atoms with Gasteiger partial charge in [0.1, 0.15) is 18.2 Å². The van der Waals surface area contributed by atoms with Gasteiger partial charge in [-0.1, -0.05) is 12.1 Å². The molecule has 0 saturated carbocycles. The molecule has 0 aliphatic rings. The zero-order chi connectivity index (χ0) is 20.0. The van der Waals surface area contributed by atoms with Gasteiger partial charge in [0.05, 0.1) is 15.6 Å². The van der Waals surface area contributed by atoms with E-state index in [1.165, 1.54) is 25.3 Å². The highest BCUT2D eigenvalue weighted by Gasteiger charge is 2.14. The van der Waals surface area contributed by atoms with Crippen molar-refractivity contribution in [2.75, 3.05) is 7.11 Å². The van der Waals surface area contributed by atoms with E-state index in [9.17, 15) is 14.9 Å². The number of nitro benzene ring substituents is 1. The molecule has 2 rings (SSSR count). The smallest absolute Gasteiger partial charge is 0.269 e. The molecule has 1 amide bonds. The van der Waals surface area contributed by atoms with Crippen molar-refractivity contribution < 1.29 is 19.2 Å². The molecule has 2 N–H and O–H groups in total. The van der Waals surface area contributed by atoms with Crippen molar-refractivity contribution in [2.24, 2.45) is 5.73 Å². The van der Waals surface area contributed by atoms with E-state index < -0.39 is 10.8 Å². The van der Waals surface area contributed by atoms with Crippen LogP contribution < -0.4 is 15.2 Å². The Balaban J connectivity index is 2.30. The summed E-state index contributed by atoms with van der Waals surface area (Å²) in [6.07, 6.45) is 1.36. The predicted octanol–water partition coefficient (Wildman–Crippen LogP) is 3.18. The Labute approximate surface area is 168 Å². The summed E-state index contributed by atoms with van der Waals surface area (Å²) in [5.41, 5.74) is 6.12. The highest BCUT2D eigenvalue weighted by molar-refractivity contribution is 14.1. The van der Waals surface area contributed by atoms with E-state index in [2.05, 4.69) is 0 Å². The minimum Gasteiger partial charge on any atom is -0.493 e. The van der Waals surface area contributed by atoms with E-state index in [1.807, 2.05) is 22.6 Å². The predicted molar refractivity (Wildman–Crippen MR) is 106 cm³/mol. The number of nitrogens with two attached hydrogens (primary N) is 1. The van der Waals surface area contributed by atoms with Gasteiger partial charge in [0.2, 0.25) is 0 Å². The maximum atomic E-state index is 11.2. The van der Waals surface area contributed by atoms with Gasteiger partial charge in [0, 0.05) is 12.1 Å². The van der Waals surface area contributed by atoms with E-state index in [-0.39, 0.29) is 17.9 Å². The van der Waals surface area contributed by atoms with E-state index in [1.54, 1.807) is 30.3 Å². The number of methoxy groups -OCH3 is 1. The molecule has 0 spiro atoms. The zero-order valence-corrected chi connectivity index (χ0v) is 16.3. The molecule has 2 aromatic carbocycles. The summed E-state index contributed by atoms with van der Waals surface area (Å²) in [4.78, 5) is 21.6. The lowest BCUT2D eigenvalue weighted by molar-refractivity contribution is -0.384. The normalized spacial score (nSPS) is 10.8. The fourth-order valence-corrected chi connectivity index (χ4v) is 2.98. The third kappa shape index (κ3) is 5.18. The molecule has 0 bridgehead atoms. The number of carbonyl (C=O) groups is 1. The molecule has 0 atom stereocenters. The number of benzene rings is 2. The van der Waals surface area contributed by atoms with Gasteiger partial charge in [-0.3, -0.25) is 14.9 Å². The van der Waals surface area contributed by atoms with Crippen molar-refractivity contribution in [3.05, 3.63) is 66.8 Å². The maximum absolute atomic E-state index is 11.2. The van der Waals surface area contributed by atoms with Crippen molar-refractivity contribution in [2.45, 2.75) is 6.61 Å². The first kappa shape index (κ1) is 20.2. The van der Waals surface area contributed by atoms with Crippen LogP contribution in [0.15, 0.2) is 42.0 Å². The summed E-state index contributed by atoms with van der Waals surface area (Å²) in [5.74, 6) is 0.0113. The molecule has 138 valence electrons. The lowest BCUT2D eigenvalue weighted by Crippen LogP contribution is -2.12. The summed E-state index contributed by atoms with van der Waals surface area (Å²) >= 11 is 2.03. The first-order valence-electron chi connectivity index (χ1n) is 7.51. The van der Waals surface area contributed by atoms with Gasteiger partial charge in [-0.25, -0.2) is 0 Å². The molecule has 8 nitrogen and oxygen atoms in total. The Hall–Kier alpha value is -3.13. The lowest BCUT2D eigenvalue weighted by atomic mass is 10.1. The average Bonchev–Trinajstić information content (AvgIpc) is 2.64. The Bertz CT molecular complexity index is 966. The van der Waals surface area contributed by atoms with Crippen LogP contribution in [0.2, 0.25) is 0 Å². The SMILES string of the molecule is COc1cc(C=C(C#N)C(N)=O)cc(I)c1OCc1cccc([N+](=O)[O-])c1. The molecular formula is C18H14IN3O5. The maximum Gasteiger partial charge on any atom is 0.269 e. The van der Waals surface area contributed by atoms with Gasteiger partial charge in [-0.05, 0) is 51.9 Å². The van der Waals surface area contributed by atoms with Crippen LogP contribution >= 0.6 is 22.6 Å². The van der Waals surface area contributed by atoms with Crippen molar-refractivity contribution in [1.29, 1.82) is 5.26 Å². The van der Waals surface area contributed by atoms with Crippen LogP contribution in [0.1, 0.15) is 11.1 Å². The number of ether oxygens (including phenoxy) is 2. The molecule has 0 fully saturated rings. The van der Waals surface area contributed by atoms with Gasteiger partial charge in [0.25, 0.3) is 11.6 Å². The number of primary amides is 1. The number of halogens is 1. The van der Waals surface area contributed by atoms with Crippen LogP contribution in [0, 0.1) is 25.0 Å². The molecule has 0 unspecified atom stereocenters. The molecule has 0 aliphatic heterocycles. The van der Waals surface area contributed by atoms with E-state index >= 15 is 0 Å². The van der Waals surface area contributed by atoms with Crippen molar-refractivity contribution >= 4 is 40.3 Å². The largest absolute Gasteiger partial charge is 0.493 e. The first-order chi connectivity index (χ1) is 12.8. The summed E-state index contributed by atoms with van der Waals surface area (Å²) < 4.78 is 11.8.